The van der Waals surface area contributed by atoms with Crippen LogP contribution in [-0.2, 0) is 15.9 Å². The molecule has 9 heteroatoms. The summed E-state index contributed by atoms with van der Waals surface area (Å²) in [5, 5.41) is 0.889. The number of aromatic amines is 1. The fourth-order valence-corrected chi connectivity index (χ4v) is 5.73. The number of hydrogen-bond acceptors (Lipinski definition) is 7. The average Bonchev–Trinajstić information content (AvgIpc) is 3.55. The molecule has 6 rings (SSSR count). The number of para-hydroxylation sites is 1. The van der Waals surface area contributed by atoms with E-state index in [1.165, 1.54) is 0 Å². The molecule has 2 aromatic carbocycles. The first kappa shape index (κ1) is 25.3. The smallest absolute Gasteiger partial charge is 0.146 e. The number of anilines is 1. The first-order valence-corrected chi connectivity index (χ1v) is 13.5. The maximum atomic E-state index is 6.43. The van der Waals surface area contributed by atoms with Crippen molar-refractivity contribution in [1.29, 1.82) is 0 Å². The van der Waals surface area contributed by atoms with Gasteiger partial charge in [0.15, 0.2) is 0 Å². The quantitative estimate of drug-likeness (QED) is 0.251. The summed E-state index contributed by atoms with van der Waals surface area (Å²) in [6.45, 7) is 1.27. The molecule has 1 fully saturated rings. The molecule has 0 bridgehead atoms. The van der Waals surface area contributed by atoms with Gasteiger partial charge in [0.25, 0.3) is 0 Å². The maximum Gasteiger partial charge on any atom is 0.146 e. The third kappa shape index (κ3) is 5.07. The van der Waals surface area contributed by atoms with E-state index in [4.69, 9.17) is 24.9 Å². The maximum absolute atomic E-state index is 6.43. The predicted molar refractivity (Wildman–Crippen MR) is 152 cm³/mol. The van der Waals surface area contributed by atoms with Gasteiger partial charge in [-0.05, 0) is 49.4 Å². The monoisotopic (exact) mass is 526 g/mol. The van der Waals surface area contributed by atoms with Crippen molar-refractivity contribution in [2.75, 3.05) is 33.2 Å². The third-order valence-corrected chi connectivity index (χ3v) is 7.71. The zero-order valence-corrected chi connectivity index (χ0v) is 22.4. The fourth-order valence-electron chi connectivity index (χ4n) is 5.73. The van der Waals surface area contributed by atoms with Crippen LogP contribution in [0.15, 0.2) is 55.0 Å². The highest BCUT2D eigenvalue weighted by atomic mass is 16.5. The minimum atomic E-state index is 0.282. The standard InChI is InChI=1S/C30H34N6O3/c1-37-13-14-39-22-10-8-21(9-11-22)36-17-23(28-29(31)32-18-33-30(28)36)19-7-12-24-25(15-19)35-27(34-24)16-20-5-3-4-6-26(20)38-2/h3-7,12,15,17-18,21-22H,8-11,13-14,16H2,1-2H3,(H,34,35)(H2,31,32,33). The molecule has 1 aliphatic rings. The minimum Gasteiger partial charge on any atom is -0.496 e. The van der Waals surface area contributed by atoms with Crippen LogP contribution in [0, 0.1) is 0 Å². The number of methoxy groups -OCH3 is 2. The Balaban J connectivity index is 1.30. The molecule has 39 heavy (non-hydrogen) atoms. The van der Waals surface area contributed by atoms with Gasteiger partial charge in [0.1, 0.15) is 29.4 Å². The normalized spacial score (nSPS) is 17.7. The number of H-pyrrole nitrogens is 1. The van der Waals surface area contributed by atoms with E-state index in [1.807, 2.05) is 18.2 Å². The SMILES string of the molecule is COCCOC1CCC(n2cc(-c3ccc4[nH]c(Cc5ccccc5OC)nc4c3)c3c(N)ncnc32)CC1. The third-order valence-electron chi connectivity index (χ3n) is 7.71. The highest BCUT2D eigenvalue weighted by Crippen LogP contribution is 2.39. The molecule has 0 unspecified atom stereocenters. The van der Waals surface area contributed by atoms with Gasteiger partial charge in [-0.15, -0.1) is 0 Å². The molecule has 0 radical (unpaired) electrons. The van der Waals surface area contributed by atoms with Gasteiger partial charge in [-0.1, -0.05) is 24.3 Å². The second-order valence-electron chi connectivity index (χ2n) is 10.1. The molecule has 1 aliphatic carbocycles. The summed E-state index contributed by atoms with van der Waals surface area (Å²) in [6, 6.07) is 14.7. The number of benzene rings is 2. The Kier molecular flexibility index (Phi) is 7.17. The Hall–Kier alpha value is -3.95. The molecule has 3 aromatic heterocycles. The summed E-state index contributed by atoms with van der Waals surface area (Å²) >= 11 is 0. The van der Waals surface area contributed by atoms with Crippen LogP contribution in [0.3, 0.4) is 0 Å². The van der Waals surface area contributed by atoms with Crippen molar-refractivity contribution in [2.24, 2.45) is 0 Å². The van der Waals surface area contributed by atoms with Gasteiger partial charge in [0.05, 0.1) is 42.8 Å². The largest absolute Gasteiger partial charge is 0.496 e. The number of rotatable bonds is 9. The number of hydrogen-bond donors (Lipinski definition) is 2. The molecule has 0 saturated heterocycles. The zero-order valence-electron chi connectivity index (χ0n) is 22.4. The van der Waals surface area contributed by atoms with Crippen molar-refractivity contribution < 1.29 is 14.2 Å². The van der Waals surface area contributed by atoms with Crippen LogP contribution in [0.4, 0.5) is 5.82 Å². The van der Waals surface area contributed by atoms with Crippen LogP contribution in [0.25, 0.3) is 33.2 Å². The van der Waals surface area contributed by atoms with Crippen molar-refractivity contribution >= 4 is 27.9 Å². The molecule has 0 amide bonds. The Bertz CT molecular complexity index is 1580. The molecular weight excluding hydrogens is 492 g/mol. The first-order chi connectivity index (χ1) is 19.1. The summed E-state index contributed by atoms with van der Waals surface area (Å²) in [6.07, 6.45) is 8.76. The van der Waals surface area contributed by atoms with Gasteiger partial charge < -0.3 is 29.5 Å². The Morgan fingerprint density at radius 2 is 1.87 bits per heavy atom. The second kappa shape index (κ2) is 11.0. The molecule has 5 aromatic rings. The van der Waals surface area contributed by atoms with Gasteiger partial charge >= 0.3 is 0 Å². The number of nitrogens with zero attached hydrogens (tertiary/aromatic N) is 4. The number of nitrogen functional groups attached to an aromatic ring is 1. The number of fused-ring (bicyclic) bond motifs is 2. The van der Waals surface area contributed by atoms with Crippen LogP contribution in [0.5, 0.6) is 5.75 Å². The lowest BCUT2D eigenvalue weighted by atomic mass is 9.93. The second-order valence-corrected chi connectivity index (χ2v) is 10.1. The average molecular weight is 527 g/mol. The summed E-state index contributed by atoms with van der Waals surface area (Å²) in [7, 11) is 3.39. The summed E-state index contributed by atoms with van der Waals surface area (Å²) in [5.41, 5.74) is 12.4. The minimum absolute atomic E-state index is 0.282. The molecule has 0 atom stereocenters. The number of imidazole rings is 1. The first-order valence-electron chi connectivity index (χ1n) is 13.5. The summed E-state index contributed by atoms with van der Waals surface area (Å²) in [4.78, 5) is 17.4. The molecule has 0 spiro atoms. The van der Waals surface area contributed by atoms with E-state index >= 15 is 0 Å². The Morgan fingerprint density at radius 3 is 2.69 bits per heavy atom. The van der Waals surface area contributed by atoms with Gasteiger partial charge in [-0.25, -0.2) is 15.0 Å². The van der Waals surface area contributed by atoms with E-state index in [2.05, 4.69) is 50.0 Å². The lowest BCUT2D eigenvalue weighted by molar-refractivity contribution is -0.00621. The van der Waals surface area contributed by atoms with Crippen molar-refractivity contribution in [3.8, 4) is 16.9 Å². The lowest BCUT2D eigenvalue weighted by Crippen LogP contribution is -2.24. The summed E-state index contributed by atoms with van der Waals surface area (Å²) in [5.74, 6) is 2.24. The number of nitrogens with two attached hydrogens (primary N) is 1. The van der Waals surface area contributed by atoms with Crippen LogP contribution < -0.4 is 10.5 Å². The van der Waals surface area contributed by atoms with Gasteiger partial charge in [-0.3, -0.25) is 0 Å². The van der Waals surface area contributed by atoms with Crippen LogP contribution in [0.2, 0.25) is 0 Å². The molecule has 3 heterocycles. The molecule has 3 N–H and O–H groups in total. The molecule has 202 valence electrons. The molecule has 9 nitrogen and oxygen atoms in total. The lowest BCUT2D eigenvalue weighted by Gasteiger charge is -2.29. The van der Waals surface area contributed by atoms with E-state index in [0.29, 0.717) is 31.5 Å². The number of aromatic nitrogens is 5. The van der Waals surface area contributed by atoms with E-state index in [9.17, 15) is 0 Å². The van der Waals surface area contributed by atoms with E-state index in [1.54, 1.807) is 20.5 Å². The van der Waals surface area contributed by atoms with Gasteiger partial charge in [-0.2, -0.15) is 0 Å². The predicted octanol–water partition coefficient (Wildman–Crippen LogP) is 5.30. The molecule has 0 aliphatic heterocycles. The highest BCUT2D eigenvalue weighted by molar-refractivity contribution is 6.01. The highest BCUT2D eigenvalue weighted by Gasteiger charge is 2.26. The van der Waals surface area contributed by atoms with Gasteiger partial charge in [0.2, 0.25) is 0 Å². The van der Waals surface area contributed by atoms with Crippen molar-refractivity contribution in [3.05, 3.63) is 66.4 Å². The fraction of sp³-hybridized carbons (Fsp3) is 0.367. The molecule has 1 saturated carbocycles. The van der Waals surface area contributed by atoms with Crippen molar-refractivity contribution in [3.63, 3.8) is 0 Å². The van der Waals surface area contributed by atoms with Crippen molar-refractivity contribution in [1.82, 2.24) is 24.5 Å². The number of nitrogens with one attached hydrogen (secondary N) is 1. The van der Waals surface area contributed by atoms with E-state index in [0.717, 1.165) is 76.0 Å². The Labute approximate surface area is 227 Å². The van der Waals surface area contributed by atoms with Crippen LogP contribution in [-0.4, -0.2) is 58.0 Å². The summed E-state index contributed by atoms with van der Waals surface area (Å²) < 4.78 is 18.9. The van der Waals surface area contributed by atoms with Gasteiger partial charge in [0, 0.05) is 36.9 Å². The van der Waals surface area contributed by atoms with Crippen LogP contribution in [0.1, 0.15) is 43.1 Å². The molecular formula is C30H34N6O3. The van der Waals surface area contributed by atoms with E-state index in [-0.39, 0.29) is 6.10 Å². The number of ether oxygens (including phenoxy) is 3. The topological polar surface area (TPSA) is 113 Å². The Morgan fingerprint density at radius 1 is 1.03 bits per heavy atom. The van der Waals surface area contributed by atoms with Crippen LogP contribution >= 0.6 is 0 Å². The zero-order chi connectivity index (χ0) is 26.8. The van der Waals surface area contributed by atoms with E-state index < -0.39 is 0 Å². The van der Waals surface area contributed by atoms with Crippen molar-refractivity contribution in [2.45, 2.75) is 44.2 Å².